The number of rotatable bonds is 8. The first-order chi connectivity index (χ1) is 12.6. The Hall–Kier alpha value is -2.44. The number of carbonyl (C=O) groups excluding carboxylic acids is 2. The molecule has 1 heterocycles. The Kier molecular flexibility index (Phi) is 5.85. The number of likely N-dealkylation sites (tertiary alicyclic amines) is 1. The van der Waals surface area contributed by atoms with Gasteiger partial charge in [0.1, 0.15) is 6.04 Å². The minimum Gasteiger partial charge on any atom is -0.493 e. The molecule has 1 aromatic rings. The molecule has 1 saturated carbocycles. The fourth-order valence-electron chi connectivity index (χ4n) is 3.04. The molecule has 7 heteroatoms. The van der Waals surface area contributed by atoms with E-state index in [1.807, 2.05) is 17.9 Å². The van der Waals surface area contributed by atoms with Gasteiger partial charge in [-0.1, -0.05) is 0 Å². The second-order valence-corrected chi connectivity index (χ2v) is 6.89. The van der Waals surface area contributed by atoms with E-state index in [1.54, 1.807) is 19.2 Å². The minimum absolute atomic E-state index is 0.0570. The molecule has 1 atom stereocenters. The molecule has 2 aliphatic rings. The molecule has 0 spiro atoms. The van der Waals surface area contributed by atoms with Crippen LogP contribution in [0.3, 0.4) is 0 Å². The zero-order valence-corrected chi connectivity index (χ0v) is 15.4. The number of nitrogens with one attached hydrogen (secondary N) is 2. The summed E-state index contributed by atoms with van der Waals surface area (Å²) in [5.74, 6) is 0.993. The van der Waals surface area contributed by atoms with E-state index in [0.717, 1.165) is 44.5 Å². The Balaban J connectivity index is 1.59. The lowest BCUT2D eigenvalue weighted by Crippen LogP contribution is -2.39. The Morgan fingerprint density at radius 2 is 1.96 bits per heavy atom. The summed E-state index contributed by atoms with van der Waals surface area (Å²) in [5.41, 5.74) is 0.753. The summed E-state index contributed by atoms with van der Waals surface area (Å²) in [7, 11) is 1.55. The second kappa shape index (κ2) is 8.29. The predicted octanol–water partition coefficient (Wildman–Crippen LogP) is 1.78. The van der Waals surface area contributed by atoms with Crippen LogP contribution < -0.4 is 20.1 Å². The quantitative estimate of drug-likeness (QED) is 0.738. The molecule has 7 nitrogen and oxygen atoms in total. The highest BCUT2D eigenvalue weighted by Gasteiger charge is 2.24. The van der Waals surface area contributed by atoms with Gasteiger partial charge in [0.25, 0.3) is 5.91 Å². The van der Waals surface area contributed by atoms with E-state index in [-0.39, 0.29) is 24.5 Å². The Labute approximate surface area is 154 Å². The summed E-state index contributed by atoms with van der Waals surface area (Å²) >= 11 is 0. The number of methoxy groups -OCH3 is 1. The van der Waals surface area contributed by atoms with Crippen molar-refractivity contribution >= 4 is 17.5 Å². The number of hydrogen-bond donors (Lipinski definition) is 2. The third-order valence-corrected chi connectivity index (χ3v) is 4.64. The molecule has 0 bridgehead atoms. The van der Waals surface area contributed by atoms with E-state index in [0.29, 0.717) is 17.5 Å². The fourth-order valence-corrected chi connectivity index (χ4v) is 3.04. The van der Waals surface area contributed by atoms with E-state index in [9.17, 15) is 9.59 Å². The number of nitrogens with zero attached hydrogens (tertiary/aromatic N) is 1. The van der Waals surface area contributed by atoms with Crippen LogP contribution in [0.1, 0.15) is 32.6 Å². The first kappa shape index (κ1) is 18.4. The van der Waals surface area contributed by atoms with Crippen LogP contribution in [0.25, 0.3) is 0 Å². The minimum atomic E-state index is -0.326. The van der Waals surface area contributed by atoms with E-state index in [1.165, 1.54) is 0 Å². The summed E-state index contributed by atoms with van der Waals surface area (Å²) < 4.78 is 10.9. The van der Waals surface area contributed by atoms with Crippen LogP contribution in [-0.4, -0.2) is 55.6 Å². The molecule has 2 amide bonds. The topological polar surface area (TPSA) is 79.9 Å². The number of ether oxygens (including phenoxy) is 2. The van der Waals surface area contributed by atoms with Gasteiger partial charge in [0.2, 0.25) is 5.91 Å². The molecule has 1 saturated heterocycles. The lowest BCUT2D eigenvalue weighted by atomic mass is 10.2. The van der Waals surface area contributed by atoms with E-state index in [4.69, 9.17) is 9.47 Å². The van der Waals surface area contributed by atoms with E-state index >= 15 is 0 Å². The molecular formula is C19H27N3O4. The highest BCUT2D eigenvalue weighted by molar-refractivity contribution is 5.84. The molecule has 142 valence electrons. The Morgan fingerprint density at radius 1 is 1.23 bits per heavy atom. The average Bonchev–Trinajstić information content (AvgIpc) is 3.28. The molecule has 0 radical (unpaired) electrons. The third kappa shape index (κ3) is 4.80. The Bertz CT molecular complexity index is 654. The lowest BCUT2D eigenvalue weighted by Gasteiger charge is -2.22. The monoisotopic (exact) mass is 361 g/mol. The summed E-state index contributed by atoms with van der Waals surface area (Å²) in [4.78, 5) is 26.1. The highest BCUT2D eigenvalue weighted by atomic mass is 16.5. The maximum Gasteiger partial charge on any atom is 0.258 e. The number of hydrogen-bond acceptors (Lipinski definition) is 5. The van der Waals surface area contributed by atoms with Crippen LogP contribution in [0.15, 0.2) is 18.2 Å². The summed E-state index contributed by atoms with van der Waals surface area (Å²) in [6.45, 7) is 3.46. The van der Waals surface area contributed by atoms with Gasteiger partial charge in [-0.25, -0.2) is 0 Å². The van der Waals surface area contributed by atoms with Crippen molar-refractivity contribution in [3.05, 3.63) is 18.2 Å². The van der Waals surface area contributed by atoms with Crippen molar-refractivity contribution in [2.75, 3.05) is 32.1 Å². The average molecular weight is 361 g/mol. The van der Waals surface area contributed by atoms with Crippen molar-refractivity contribution in [1.82, 2.24) is 10.2 Å². The molecule has 2 N–H and O–H groups in total. The van der Waals surface area contributed by atoms with Crippen LogP contribution in [0.2, 0.25) is 0 Å². The van der Waals surface area contributed by atoms with Gasteiger partial charge in [-0.05, 0) is 44.7 Å². The van der Waals surface area contributed by atoms with Crippen molar-refractivity contribution < 1.29 is 19.1 Å². The van der Waals surface area contributed by atoms with E-state index in [2.05, 4.69) is 10.6 Å². The van der Waals surface area contributed by atoms with Crippen molar-refractivity contribution in [1.29, 1.82) is 0 Å². The number of benzene rings is 1. The van der Waals surface area contributed by atoms with Crippen LogP contribution >= 0.6 is 0 Å². The van der Waals surface area contributed by atoms with Gasteiger partial charge >= 0.3 is 0 Å². The number of anilines is 1. The summed E-state index contributed by atoms with van der Waals surface area (Å²) in [6, 6.07) is 5.34. The molecule has 2 fully saturated rings. The van der Waals surface area contributed by atoms with Gasteiger partial charge in [0.15, 0.2) is 18.1 Å². The van der Waals surface area contributed by atoms with Gasteiger partial charge in [-0.15, -0.1) is 0 Å². The van der Waals surface area contributed by atoms with Crippen molar-refractivity contribution in [3.8, 4) is 11.5 Å². The molecule has 1 aliphatic carbocycles. The van der Waals surface area contributed by atoms with Crippen molar-refractivity contribution in [2.24, 2.45) is 0 Å². The van der Waals surface area contributed by atoms with Gasteiger partial charge < -0.3 is 25.0 Å². The standard InChI is InChI=1S/C19H27N3O4/c1-13(19(24)22-9-3-4-10-22)20-15-7-8-16(25-2)17(11-15)26-12-18(23)21-14-5-6-14/h7-8,11,13-14,20H,3-6,9-10,12H2,1-2H3,(H,21,23). The summed E-state index contributed by atoms with van der Waals surface area (Å²) in [6.07, 6.45) is 4.22. The zero-order chi connectivity index (χ0) is 18.5. The first-order valence-corrected chi connectivity index (χ1v) is 9.22. The largest absolute Gasteiger partial charge is 0.493 e. The summed E-state index contributed by atoms with van der Waals surface area (Å²) in [5, 5.41) is 6.10. The fraction of sp³-hybridized carbons (Fsp3) is 0.579. The highest BCUT2D eigenvalue weighted by Crippen LogP contribution is 2.30. The van der Waals surface area contributed by atoms with Gasteiger partial charge in [0.05, 0.1) is 7.11 Å². The second-order valence-electron chi connectivity index (χ2n) is 6.89. The first-order valence-electron chi connectivity index (χ1n) is 9.22. The molecule has 1 aliphatic heterocycles. The van der Waals surface area contributed by atoms with Crippen LogP contribution in [0.5, 0.6) is 11.5 Å². The zero-order valence-electron chi connectivity index (χ0n) is 15.4. The van der Waals surface area contributed by atoms with Crippen molar-refractivity contribution in [3.63, 3.8) is 0 Å². The van der Waals surface area contributed by atoms with Crippen molar-refractivity contribution in [2.45, 2.75) is 44.7 Å². The number of amides is 2. The van der Waals surface area contributed by atoms with Gasteiger partial charge in [-0.2, -0.15) is 0 Å². The van der Waals surface area contributed by atoms with E-state index < -0.39 is 0 Å². The maximum absolute atomic E-state index is 12.4. The normalized spacial score (nSPS) is 17.5. The molecule has 26 heavy (non-hydrogen) atoms. The SMILES string of the molecule is COc1ccc(NC(C)C(=O)N2CCCC2)cc1OCC(=O)NC1CC1. The molecule has 0 aromatic heterocycles. The third-order valence-electron chi connectivity index (χ3n) is 4.64. The Morgan fingerprint density at radius 3 is 2.62 bits per heavy atom. The molecule has 1 unspecified atom stereocenters. The van der Waals surface area contributed by atoms with Gasteiger partial charge in [0, 0.05) is 30.9 Å². The lowest BCUT2D eigenvalue weighted by molar-refractivity contribution is -0.130. The smallest absolute Gasteiger partial charge is 0.258 e. The van der Waals surface area contributed by atoms with Crippen LogP contribution in [-0.2, 0) is 9.59 Å². The molecular weight excluding hydrogens is 334 g/mol. The van der Waals surface area contributed by atoms with Crippen LogP contribution in [0, 0.1) is 0 Å². The maximum atomic E-state index is 12.4. The van der Waals surface area contributed by atoms with Crippen LogP contribution in [0.4, 0.5) is 5.69 Å². The molecule has 3 rings (SSSR count). The van der Waals surface area contributed by atoms with Gasteiger partial charge in [-0.3, -0.25) is 9.59 Å². The number of carbonyl (C=O) groups is 2. The predicted molar refractivity (Wildman–Crippen MR) is 98.6 cm³/mol. The molecule has 1 aromatic carbocycles.